The maximum absolute atomic E-state index is 12.4. The molecule has 0 saturated heterocycles. The van der Waals surface area contributed by atoms with Crippen LogP contribution in [0.5, 0.6) is 0 Å². The molecular weight excluding hydrogens is 278 g/mol. The quantitative estimate of drug-likeness (QED) is 0.857. The van der Waals surface area contributed by atoms with Crippen molar-refractivity contribution in [2.45, 2.75) is 39.2 Å². The first-order valence-corrected chi connectivity index (χ1v) is 7.69. The number of hydrogen-bond acceptors (Lipinski definition) is 2. The Morgan fingerprint density at radius 2 is 1.95 bits per heavy atom. The van der Waals surface area contributed by atoms with Gasteiger partial charge in [-0.3, -0.25) is 4.79 Å². The van der Waals surface area contributed by atoms with Crippen LogP contribution < -0.4 is 5.32 Å². The van der Waals surface area contributed by atoms with Gasteiger partial charge in [0.1, 0.15) is 4.88 Å². The SMILES string of the molecule is CCC(C)(CC)NC(=O)c1sc2ccccc2c1Cl. The number of rotatable bonds is 4. The van der Waals surface area contributed by atoms with Crippen molar-refractivity contribution in [1.82, 2.24) is 5.32 Å². The molecule has 2 aromatic rings. The number of benzene rings is 1. The van der Waals surface area contributed by atoms with Gasteiger partial charge >= 0.3 is 0 Å². The van der Waals surface area contributed by atoms with Crippen molar-refractivity contribution < 1.29 is 4.79 Å². The van der Waals surface area contributed by atoms with E-state index in [0.29, 0.717) is 9.90 Å². The standard InChI is InChI=1S/C15H18ClNOS/c1-4-15(3,5-2)17-14(18)13-12(16)10-8-6-7-9-11(10)19-13/h6-9H,4-5H2,1-3H3,(H,17,18). The molecule has 1 heterocycles. The molecule has 0 bridgehead atoms. The fourth-order valence-corrected chi connectivity index (χ4v) is 3.33. The Balaban J connectivity index is 2.34. The van der Waals surface area contributed by atoms with E-state index in [4.69, 9.17) is 11.6 Å². The number of carbonyl (C=O) groups is 1. The van der Waals surface area contributed by atoms with Crippen LogP contribution >= 0.6 is 22.9 Å². The zero-order valence-electron chi connectivity index (χ0n) is 11.4. The van der Waals surface area contributed by atoms with Gasteiger partial charge in [0, 0.05) is 15.6 Å². The molecule has 0 aliphatic carbocycles. The first-order valence-electron chi connectivity index (χ1n) is 6.50. The highest BCUT2D eigenvalue weighted by atomic mass is 35.5. The van der Waals surface area contributed by atoms with E-state index in [1.165, 1.54) is 11.3 Å². The summed E-state index contributed by atoms with van der Waals surface area (Å²) in [4.78, 5) is 13.0. The van der Waals surface area contributed by atoms with Crippen molar-refractivity contribution in [1.29, 1.82) is 0 Å². The number of fused-ring (bicyclic) bond motifs is 1. The van der Waals surface area contributed by atoms with Crippen LogP contribution in [0.1, 0.15) is 43.3 Å². The topological polar surface area (TPSA) is 29.1 Å². The molecule has 19 heavy (non-hydrogen) atoms. The Kier molecular flexibility index (Phi) is 4.16. The maximum atomic E-state index is 12.4. The van der Waals surface area contributed by atoms with E-state index in [1.807, 2.05) is 24.3 Å². The van der Waals surface area contributed by atoms with Crippen molar-refractivity contribution in [3.05, 3.63) is 34.2 Å². The summed E-state index contributed by atoms with van der Waals surface area (Å²) in [6.45, 7) is 6.22. The van der Waals surface area contributed by atoms with Crippen LogP contribution in [-0.4, -0.2) is 11.4 Å². The van der Waals surface area contributed by atoms with E-state index in [2.05, 4.69) is 26.1 Å². The number of carbonyl (C=O) groups excluding carboxylic acids is 1. The van der Waals surface area contributed by atoms with Crippen molar-refractivity contribution >= 4 is 38.9 Å². The Hall–Kier alpha value is -1.06. The van der Waals surface area contributed by atoms with Gasteiger partial charge in [-0.25, -0.2) is 0 Å². The van der Waals surface area contributed by atoms with Crippen LogP contribution in [0, 0.1) is 0 Å². The van der Waals surface area contributed by atoms with Crippen molar-refractivity contribution in [3.63, 3.8) is 0 Å². The molecule has 0 fully saturated rings. The van der Waals surface area contributed by atoms with Crippen LogP contribution in [0.15, 0.2) is 24.3 Å². The lowest BCUT2D eigenvalue weighted by molar-refractivity contribution is 0.0905. The van der Waals surface area contributed by atoms with Crippen molar-refractivity contribution in [2.24, 2.45) is 0 Å². The number of halogens is 1. The monoisotopic (exact) mass is 295 g/mol. The van der Waals surface area contributed by atoms with Gasteiger partial charge in [0.05, 0.1) is 5.02 Å². The van der Waals surface area contributed by atoms with Crippen LogP contribution in [0.4, 0.5) is 0 Å². The summed E-state index contributed by atoms with van der Waals surface area (Å²) in [5.41, 5.74) is -0.170. The van der Waals surface area contributed by atoms with Gasteiger partial charge in [0.2, 0.25) is 0 Å². The van der Waals surface area contributed by atoms with E-state index < -0.39 is 0 Å². The molecule has 2 nitrogen and oxygen atoms in total. The predicted molar refractivity (Wildman–Crippen MR) is 83.3 cm³/mol. The Morgan fingerprint density at radius 3 is 2.53 bits per heavy atom. The highest BCUT2D eigenvalue weighted by Gasteiger charge is 2.25. The zero-order chi connectivity index (χ0) is 14.0. The molecule has 4 heteroatoms. The van der Waals surface area contributed by atoms with Crippen LogP contribution in [0.25, 0.3) is 10.1 Å². The summed E-state index contributed by atoms with van der Waals surface area (Å²) in [6, 6.07) is 7.83. The van der Waals surface area contributed by atoms with Crippen molar-refractivity contribution in [2.75, 3.05) is 0 Å². The molecule has 1 N–H and O–H groups in total. The number of nitrogens with one attached hydrogen (secondary N) is 1. The molecule has 1 amide bonds. The van der Waals surface area contributed by atoms with Gasteiger partial charge < -0.3 is 5.32 Å². The number of amides is 1. The third-order valence-corrected chi connectivity index (χ3v) is 5.39. The summed E-state index contributed by atoms with van der Waals surface area (Å²) < 4.78 is 1.05. The molecule has 0 aliphatic rings. The molecular formula is C15H18ClNOS. The van der Waals surface area contributed by atoms with Gasteiger partial charge in [-0.1, -0.05) is 43.6 Å². The highest BCUT2D eigenvalue weighted by Crippen LogP contribution is 2.35. The Morgan fingerprint density at radius 1 is 1.32 bits per heavy atom. The number of hydrogen-bond donors (Lipinski definition) is 1. The number of thiophene rings is 1. The third kappa shape index (κ3) is 2.77. The minimum atomic E-state index is -0.170. The molecule has 0 atom stereocenters. The fourth-order valence-electron chi connectivity index (χ4n) is 1.92. The molecule has 0 radical (unpaired) electrons. The van der Waals surface area contributed by atoms with Gasteiger partial charge in [-0.2, -0.15) is 0 Å². The summed E-state index contributed by atoms with van der Waals surface area (Å²) in [5, 5.41) is 4.61. The lowest BCUT2D eigenvalue weighted by Gasteiger charge is -2.27. The van der Waals surface area contributed by atoms with E-state index >= 15 is 0 Å². The second-order valence-electron chi connectivity index (χ2n) is 4.96. The highest BCUT2D eigenvalue weighted by molar-refractivity contribution is 7.21. The van der Waals surface area contributed by atoms with Gasteiger partial charge in [0.15, 0.2) is 0 Å². The van der Waals surface area contributed by atoms with Crippen LogP contribution in [0.2, 0.25) is 5.02 Å². The summed E-state index contributed by atoms with van der Waals surface area (Å²) >= 11 is 7.77. The lowest BCUT2D eigenvalue weighted by atomic mass is 9.95. The summed E-state index contributed by atoms with van der Waals surface area (Å²) in [5.74, 6) is -0.0719. The largest absolute Gasteiger partial charge is 0.346 e. The minimum absolute atomic E-state index is 0.0719. The predicted octanol–water partition coefficient (Wildman–Crippen LogP) is 4.86. The average Bonchev–Trinajstić information content (AvgIpc) is 2.76. The van der Waals surface area contributed by atoms with E-state index in [-0.39, 0.29) is 11.4 Å². The first-order chi connectivity index (χ1) is 9.00. The second-order valence-corrected chi connectivity index (χ2v) is 6.39. The van der Waals surface area contributed by atoms with Gasteiger partial charge in [-0.15, -0.1) is 11.3 Å². The first kappa shape index (κ1) is 14.4. The molecule has 2 rings (SSSR count). The molecule has 0 unspecified atom stereocenters. The minimum Gasteiger partial charge on any atom is -0.346 e. The molecule has 0 aliphatic heterocycles. The lowest BCUT2D eigenvalue weighted by Crippen LogP contribution is -2.44. The molecule has 0 saturated carbocycles. The molecule has 1 aromatic carbocycles. The molecule has 1 aromatic heterocycles. The van der Waals surface area contributed by atoms with Crippen LogP contribution in [0.3, 0.4) is 0 Å². The summed E-state index contributed by atoms with van der Waals surface area (Å²) in [6.07, 6.45) is 1.80. The Bertz CT molecular complexity index is 601. The fraction of sp³-hybridized carbons (Fsp3) is 0.400. The van der Waals surface area contributed by atoms with E-state index in [9.17, 15) is 4.79 Å². The smallest absolute Gasteiger partial charge is 0.263 e. The third-order valence-electron chi connectivity index (χ3n) is 3.72. The zero-order valence-corrected chi connectivity index (χ0v) is 13.0. The Labute approximate surface area is 122 Å². The maximum Gasteiger partial charge on any atom is 0.263 e. The molecule has 0 spiro atoms. The van der Waals surface area contributed by atoms with E-state index in [1.54, 1.807) is 0 Å². The second kappa shape index (κ2) is 5.51. The van der Waals surface area contributed by atoms with E-state index in [0.717, 1.165) is 22.9 Å². The average molecular weight is 296 g/mol. The van der Waals surface area contributed by atoms with Crippen LogP contribution in [-0.2, 0) is 0 Å². The van der Waals surface area contributed by atoms with Gasteiger partial charge in [0.25, 0.3) is 5.91 Å². The normalized spacial score (nSPS) is 11.8. The van der Waals surface area contributed by atoms with Gasteiger partial charge in [-0.05, 0) is 25.8 Å². The summed E-state index contributed by atoms with van der Waals surface area (Å²) in [7, 11) is 0. The van der Waals surface area contributed by atoms with Crippen molar-refractivity contribution in [3.8, 4) is 0 Å². The molecule has 102 valence electrons.